The van der Waals surface area contributed by atoms with Crippen molar-refractivity contribution in [2.24, 2.45) is 7.05 Å². The number of fused-ring (bicyclic) bond motifs is 1. The molecule has 5 rings (SSSR count). The van der Waals surface area contributed by atoms with Crippen molar-refractivity contribution in [1.82, 2.24) is 19.2 Å². The molecule has 0 bridgehead atoms. The molecule has 0 spiro atoms. The molecule has 2 aromatic carbocycles. The zero-order valence-electron chi connectivity index (χ0n) is 23.9. The molecular weight excluding hydrogens is 530 g/mol. The summed E-state index contributed by atoms with van der Waals surface area (Å²) in [5.41, 5.74) is 3.60. The van der Waals surface area contributed by atoms with Gasteiger partial charge in [-0.3, -0.25) is 9.48 Å². The Balaban J connectivity index is 1.52. The van der Waals surface area contributed by atoms with Gasteiger partial charge in [-0.2, -0.15) is 9.49 Å². The first-order chi connectivity index (χ1) is 19.5. The van der Waals surface area contributed by atoms with Gasteiger partial charge in [-0.25, -0.2) is 4.39 Å². The van der Waals surface area contributed by atoms with Gasteiger partial charge in [0.05, 0.1) is 24.4 Å². The van der Waals surface area contributed by atoms with Crippen molar-refractivity contribution in [3.63, 3.8) is 0 Å². The number of aryl methyl sites for hydroxylation is 1. The van der Waals surface area contributed by atoms with Crippen LogP contribution >= 0.6 is 0 Å². The number of pyridine rings is 1. The van der Waals surface area contributed by atoms with E-state index < -0.39 is 17.2 Å². The van der Waals surface area contributed by atoms with Crippen LogP contribution in [-0.2, 0) is 32.2 Å². The average molecular weight is 567 g/mol. The number of benzene rings is 2. The van der Waals surface area contributed by atoms with Crippen LogP contribution < -0.4 is 10.3 Å². The van der Waals surface area contributed by atoms with E-state index in [2.05, 4.69) is 5.10 Å². The molecule has 4 aromatic rings. The Labute approximate surface area is 237 Å². The molecule has 2 aromatic heterocycles. The van der Waals surface area contributed by atoms with Crippen LogP contribution in [0.2, 0.25) is 0 Å². The highest BCUT2D eigenvalue weighted by molar-refractivity contribution is 5.88. The first-order valence-corrected chi connectivity index (χ1v) is 13.8. The fourth-order valence-electron chi connectivity index (χ4n) is 5.65. The Morgan fingerprint density at radius 2 is 1.90 bits per heavy atom. The minimum Gasteiger partial charge on any atom is -0.489 e. The maximum atomic E-state index is 15.2. The van der Waals surface area contributed by atoms with Crippen molar-refractivity contribution < 1.29 is 23.7 Å². The second-order valence-corrected chi connectivity index (χ2v) is 11.1. The second kappa shape index (κ2) is 11.3. The van der Waals surface area contributed by atoms with Crippen LogP contribution in [0, 0.1) is 18.6 Å². The van der Waals surface area contributed by atoms with Gasteiger partial charge in [-0.05, 0) is 75.7 Å². The van der Waals surface area contributed by atoms with Crippen molar-refractivity contribution >= 4 is 10.9 Å². The molecule has 1 saturated carbocycles. The van der Waals surface area contributed by atoms with Gasteiger partial charge in [0.15, 0.2) is 11.6 Å². The van der Waals surface area contributed by atoms with E-state index in [4.69, 9.17) is 4.74 Å². The Bertz CT molecular complexity index is 1660. The van der Waals surface area contributed by atoms with E-state index in [0.29, 0.717) is 48.1 Å². The number of hydrogen-bond donors (Lipinski definition) is 2. The number of ether oxygens (including phenoxy) is 1. The lowest BCUT2D eigenvalue weighted by molar-refractivity contribution is -0.0437. The lowest BCUT2D eigenvalue weighted by Gasteiger charge is -2.35. The topological polar surface area (TPSA) is 92.8 Å². The third-order valence-electron chi connectivity index (χ3n) is 8.05. The number of aromatic nitrogens is 3. The second-order valence-electron chi connectivity index (χ2n) is 11.1. The molecule has 218 valence electrons. The van der Waals surface area contributed by atoms with Crippen molar-refractivity contribution in [3.05, 3.63) is 80.9 Å². The monoisotopic (exact) mass is 566 g/mol. The van der Waals surface area contributed by atoms with Crippen LogP contribution in [0.5, 0.6) is 5.75 Å². The standard InChI is InChI=1S/C31H36F2N4O4/c1-19-22(30(34-36(19)4)31(40)11-5-12-31)10-15-41-29-23(7-8-25(32)28(29)33)20-6-9-26-24(16-20)21(18-35(2)3)17-27(39)37(26)13-14-38/h6-9,16-17,38,40H,5,10-15,18H2,1-4H3. The van der Waals surface area contributed by atoms with Crippen molar-refractivity contribution in [1.29, 1.82) is 0 Å². The third kappa shape index (κ3) is 5.39. The van der Waals surface area contributed by atoms with Crippen LogP contribution in [0.4, 0.5) is 8.78 Å². The molecule has 1 fully saturated rings. The molecule has 0 radical (unpaired) electrons. The first kappa shape index (κ1) is 28.9. The van der Waals surface area contributed by atoms with Crippen LogP contribution in [0.25, 0.3) is 22.0 Å². The van der Waals surface area contributed by atoms with E-state index in [0.717, 1.165) is 34.7 Å². The van der Waals surface area contributed by atoms with Crippen LogP contribution in [-0.4, -0.2) is 56.8 Å². The van der Waals surface area contributed by atoms with Gasteiger partial charge in [-0.15, -0.1) is 0 Å². The van der Waals surface area contributed by atoms with Crippen LogP contribution in [0.15, 0.2) is 41.2 Å². The third-order valence-corrected chi connectivity index (χ3v) is 8.05. The van der Waals surface area contributed by atoms with Gasteiger partial charge in [0, 0.05) is 54.8 Å². The summed E-state index contributed by atoms with van der Waals surface area (Å²) >= 11 is 0. The molecule has 0 unspecified atom stereocenters. The highest BCUT2D eigenvalue weighted by Gasteiger charge is 2.41. The molecule has 41 heavy (non-hydrogen) atoms. The van der Waals surface area contributed by atoms with E-state index >= 15 is 4.39 Å². The van der Waals surface area contributed by atoms with Gasteiger partial charge in [0.2, 0.25) is 5.82 Å². The number of rotatable bonds is 10. The number of nitrogens with zero attached hydrogens (tertiary/aromatic N) is 4. The quantitative estimate of drug-likeness (QED) is 0.301. The van der Waals surface area contributed by atoms with E-state index in [1.807, 2.05) is 39.0 Å². The molecule has 10 heteroatoms. The SMILES string of the molecule is Cc1c(CCOc2c(-c3ccc4c(c3)c(CN(C)C)cc(=O)n4CCO)ccc(F)c2F)c(C2(O)CCC2)nn1C. The Kier molecular flexibility index (Phi) is 8.00. The molecule has 2 heterocycles. The first-order valence-electron chi connectivity index (χ1n) is 13.8. The maximum Gasteiger partial charge on any atom is 0.251 e. The van der Waals surface area contributed by atoms with Gasteiger partial charge in [0.1, 0.15) is 5.60 Å². The molecular formula is C31H36F2N4O4. The fourth-order valence-corrected chi connectivity index (χ4v) is 5.65. The van der Waals surface area contributed by atoms with Gasteiger partial charge in [-0.1, -0.05) is 6.07 Å². The highest BCUT2D eigenvalue weighted by atomic mass is 19.2. The molecule has 0 amide bonds. The summed E-state index contributed by atoms with van der Waals surface area (Å²) in [5.74, 6) is -2.30. The van der Waals surface area contributed by atoms with E-state index in [1.54, 1.807) is 22.9 Å². The summed E-state index contributed by atoms with van der Waals surface area (Å²) in [6.45, 7) is 2.41. The number of aliphatic hydroxyl groups excluding tert-OH is 1. The smallest absolute Gasteiger partial charge is 0.251 e. The minimum absolute atomic E-state index is 0.0541. The zero-order chi connectivity index (χ0) is 29.5. The predicted molar refractivity (Wildman–Crippen MR) is 153 cm³/mol. The van der Waals surface area contributed by atoms with Gasteiger partial charge < -0.3 is 24.4 Å². The summed E-state index contributed by atoms with van der Waals surface area (Å²) in [6, 6.07) is 9.46. The number of hydrogen-bond acceptors (Lipinski definition) is 6. The predicted octanol–water partition coefficient (Wildman–Crippen LogP) is 4.04. The Morgan fingerprint density at radius 3 is 2.56 bits per heavy atom. The summed E-state index contributed by atoms with van der Waals surface area (Å²) in [5, 5.41) is 25.8. The van der Waals surface area contributed by atoms with Gasteiger partial charge >= 0.3 is 0 Å². The molecule has 8 nitrogen and oxygen atoms in total. The van der Waals surface area contributed by atoms with E-state index in [9.17, 15) is 19.4 Å². The van der Waals surface area contributed by atoms with E-state index in [1.165, 1.54) is 10.6 Å². The largest absolute Gasteiger partial charge is 0.489 e. The summed E-state index contributed by atoms with van der Waals surface area (Å²) in [4.78, 5) is 14.7. The van der Waals surface area contributed by atoms with Crippen molar-refractivity contribution in [2.45, 2.75) is 51.3 Å². The fraction of sp³-hybridized carbons (Fsp3) is 0.419. The van der Waals surface area contributed by atoms with Crippen molar-refractivity contribution in [2.75, 3.05) is 27.3 Å². The lowest BCUT2D eigenvalue weighted by atomic mass is 9.76. The maximum absolute atomic E-state index is 15.2. The molecule has 0 aliphatic heterocycles. The van der Waals surface area contributed by atoms with Crippen molar-refractivity contribution in [3.8, 4) is 16.9 Å². The summed E-state index contributed by atoms with van der Waals surface area (Å²) in [6.07, 6.45) is 2.58. The van der Waals surface area contributed by atoms with E-state index in [-0.39, 0.29) is 31.1 Å². The molecule has 0 atom stereocenters. The number of aliphatic hydroxyl groups is 2. The Morgan fingerprint density at radius 1 is 1.15 bits per heavy atom. The van der Waals surface area contributed by atoms with Gasteiger partial charge in [0.25, 0.3) is 5.56 Å². The normalized spacial score (nSPS) is 14.6. The Hall–Kier alpha value is -3.60. The molecule has 1 aliphatic rings. The minimum atomic E-state index is -1.08. The molecule has 2 N–H and O–H groups in total. The summed E-state index contributed by atoms with van der Waals surface area (Å²) < 4.78 is 38.9. The average Bonchev–Trinajstić information content (AvgIpc) is 3.20. The zero-order valence-corrected chi connectivity index (χ0v) is 23.9. The molecule has 1 aliphatic carbocycles. The number of halogens is 2. The lowest BCUT2D eigenvalue weighted by Crippen LogP contribution is -2.35. The van der Waals surface area contributed by atoms with Crippen LogP contribution in [0.3, 0.4) is 0 Å². The molecule has 0 saturated heterocycles. The highest BCUT2D eigenvalue weighted by Crippen LogP contribution is 2.42. The van der Waals surface area contributed by atoms with Crippen LogP contribution in [0.1, 0.15) is 41.8 Å². The summed E-state index contributed by atoms with van der Waals surface area (Å²) in [7, 11) is 5.62.